The molecular weight excluding hydrogens is 254 g/mol. The van der Waals surface area contributed by atoms with Crippen molar-refractivity contribution in [3.63, 3.8) is 0 Å². The molecule has 1 aromatic rings. The summed E-state index contributed by atoms with van der Waals surface area (Å²) in [5.41, 5.74) is 2.41. The molecule has 0 fully saturated rings. The van der Waals surface area contributed by atoms with Crippen LogP contribution in [-0.2, 0) is 6.54 Å². The predicted octanol–water partition coefficient (Wildman–Crippen LogP) is 3.08. The maximum atomic E-state index is 4.66. The van der Waals surface area contributed by atoms with E-state index in [0.29, 0.717) is 6.04 Å². The second-order valence-electron chi connectivity index (χ2n) is 5.00. The lowest BCUT2D eigenvalue weighted by Crippen LogP contribution is -2.30. The van der Waals surface area contributed by atoms with Gasteiger partial charge >= 0.3 is 0 Å². The first-order valence-electron chi connectivity index (χ1n) is 6.98. The number of aryl methyl sites for hydroxylation is 1. The number of thioether (sulfide) groups is 1. The number of rotatable bonds is 8. The van der Waals surface area contributed by atoms with E-state index in [4.69, 9.17) is 0 Å². The largest absolute Gasteiger partial charge is 0.357 e. The summed E-state index contributed by atoms with van der Waals surface area (Å²) in [5, 5.41) is 3.37. The minimum absolute atomic E-state index is 0.522. The fourth-order valence-electron chi connectivity index (χ4n) is 1.98. The van der Waals surface area contributed by atoms with Crippen LogP contribution in [-0.4, -0.2) is 36.6 Å². The molecule has 1 heterocycles. The third-order valence-electron chi connectivity index (χ3n) is 3.34. The van der Waals surface area contributed by atoms with Crippen molar-refractivity contribution in [1.82, 2.24) is 10.3 Å². The van der Waals surface area contributed by atoms with Crippen molar-refractivity contribution in [2.45, 2.75) is 39.8 Å². The van der Waals surface area contributed by atoms with Crippen molar-refractivity contribution in [1.29, 1.82) is 0 Å². The van der Waals surface area contributed by atoms with E-state index in [-0.39, 0.29) is 0 Å². The Kier molecular flexibility index (Phi) is 7.24. The Labute approximate surface area is 122 Å². The minimum Gasteiger partial charge on any atom is -0.357 e. The average molecular weight is 281 g/mol. The number of aromatic nitrogens is 1. The molecule has 0 spiro atoms. The second kappa shape index (κ2) is 8.43. The van der Waals surface area contributed by atoms with Crippen LogP contribution < -0.4 is 10.2 Å². The molecule has 0 aliphatic heterocycles. The standard InChI is InChI=1S/C15H27N3S/c1-6-16-11-14-9-12(2)17-15(10-14)18(4)13(3)7-8-19-5/h9-10,13,16H,6-8,11H2,1-5H3. The third kappa shape index (κ3) is 5.41. The summed E-state index contributed by atoms with van der Waals surface area (Å²) in [6, 6.07) is 4.88. The minimum atomic E-state index is 0.522. The SMILES string of the molecule is CCNCc1cc(C)nc(N(C)C(C)CCSC)c1. The van der Waals surface area contributed by atoms with Gasteiger partial charge in [-0.15, -0.1) is 0 Å². The molecular formula is C15H27N3S. The number of hydrogen-bond donors (Lipinski definition) is 1. The summed E-state index contributed by atoms with van der Waals surface area (Å²) in [5.74, 6) is 2.28. The van der Waals surface area contributed by atoms with E-state index in [1.807, 2.05) is 11.8 Å². The Morgan fingerprint density at radius 3 is 2.79 bits per heavy atom. The second-order valence-corrected chi connectivity index (χ2v) is 5.98. The Morgan fingerprint density at radius 1 is 1.42 bits per heavy atom. The van der Waals surface area contributed by atoms with Gasteiger partial charge in [0, 0.05) is 25.3 Å². The summed E-state index contributed by atoms with van der Waals surface area (Å²) in [6.45, 7) is 8.38. The van der Waals surface area contributed by atoms with Crippen molar-refractivity contribution in [3.05, 3.63) is 23.4 Å². The topological polar surface area (TPSA) is 28.2 Å². The molecule has 0 radical (unpaired) electrons. The van der Waals surface area contributed by atoms with E-state index in [9.17, 15) is 0 Å². The van der Waals surface area contributed by atoms with Crippen molar-refractivity contribution < 1.29 is 0 Å². The highest BCUT2D eigenvalue weighted by Crippen LogP contribution is 2.18. The van der Waals surface area contributed by atoms with Crippen molar-refractivity contribution in [2.75, 3.05) is 30.5 Å². The number of nitrogens with zero attached hydrogens (tertiary/aromatic N) is 2. The maximum absolute atomic E-state index is 4.66. The Hall–Kier alpha value is -0.740. The van der Waals surface area contributed by atoms with Gasteiger partial charge in [0.25, 0.3) is 0 Å². The normalized spacial score (nSPS) is 12.5. The zero-order valence-electron chi connectivity index (χ0n) is 12.9. The highest BCUT2D eigenvalue weighted by molar-refractivity contribution is 7.98. The third-order valence-corrected chi connectivity index (χ3v) is 3.99. The van der Waals surface area contributed by atoms with E-state index < -0.39 is 0 Å². The zero-order chi connectivity index (χ0) is 14.3. The Morgan fingerprint density at radius 2 is 2.16 bits per heavy atom. The molecule has 19 heavy (non-hydrogen) atoms. The van der Waals surface area contributed by atoms with Crippen LogP contribution in [0.25, 0.3) is 0 Å². The number of pyridine rings is 1. The first-order valence-corrected chi connectivity index (χ1v) is 8.38. The highest BCUT2D eigenvalue weighted by Gasteiger charge is 2.12. The van der Waals surface area contributed by atoms with Crippen LogP contribution in [0.4, 0.5) is 5.82 Å². The lowest BCUT2D eigenvalue weighted by atomic mass is 10.2. The lowest BCUT2D eigenvalue weighted by molar-refractivity contribution is 0.659. The van der Waals surface area contributed by atoms with Crippen LogP contribution in [0.1, 0.15) is 31.5 Å². The summed E-state index contributed by atoms with van der Waals surface area (Å²) in [6.07, 6.45) is 3.35. The number of anilines is 1. The van der Waals surface area contributed by atoms with E-state index in [1.54, 1.807) is 0 Å². The van der Waals surface area contributed by atoms with Gasteiger partial charge in [0.1, 0.15) is 5.82 Å². The van der Waals surface area contributed by atoms with Crippen LogP contribution in [0.2, 0.25) is 0 Å². The predicted molar refractivity (Wildman–Crippen MR) is 87.2 cm³/mol. The van der Waals surface area contributed by atoms with Crippen LogP contribution in [0.3, 0.4) is 0 Å². The quantitative estimate of drug-likeness (QED) is 0.792. The van der Waals surface area contributed by atoms with E-state index >= 15 is 0 Å². The summed E-state index contributed by atoms with van der Waals surface area (Å²) in [7, 11) is 2.14. The summed E-state index contributed by atoms with van der Waals surface area (Å²) < 4.78 is 0. The van der Waals surface area contributed by atoms with Crippen molar-refractivity contribution in [3.8, 4) is 0 Å². The molecule has 0 bridgehead atoms. The molecule has 0 saturated carbocycles. The van der Waals surface area contributed by atoms with Gasteiger partial charge in [-0.1, -0.05) is 6.92 Å². The smallest absolute Gasteiger partial charge is 0.129 e. The van der Waals surface area contributed by atoms with Gasteiger partial charge in [-0.05, 0) is 56.5 Å². The first kappa shape index (κ1) is 16.3. The van der Waals surface area contributed by atoms with Crippen molar-refractivity contribution in [2.24, 2.45) is 0 Å². The van der Waals surface area contributed by atoms with E-state index in [0.717, 1.165) is 24.6 Å². The van der Waals surface area contributed by atoms with Crippen LogP contribution in [0.5, 0.6) is 0 Å². The molecule has 0 amide bonds. The fraction of sp³-hybridized carbons (Fsp3) is 0.667. The van der Waals surface area contributed by atoms with Crippen molar-refractivity contribution >= 4 is 17.6 Å². The lowest BCUT2D eigenvalue weighted by Gasteiger charge is -2.26. The average Bonchev–Trinajstić information content (AvgIpc) is 2.41. The number of hydrogen-bond acceptors (Lipinski definition) is 4. The monoisotopic (exact) mass is 281 g/mol. The fourth-order valence-corrected chi connectivity index (χ4v) is 2.56. The van der Waals surface area contributed by atoms with Gasteiger partial charge in [0.2, 0.25) is 0 Å². The molecule has 3 nitrogen and oxygen atoms in total. The molecule has 4 heteroatoms. The van der Waals surface area contributed by atoms with Gasteiger partial charge in [-0.2, -0.15) is 11.8 Å². The summed E-state index contributed by atoms with van der Waals surface area (Å²) in [4.78, 5) is 6.95. The molecule has 108 valence electrons. The number of nitrogens with one attached hydrogen (secondary N) is 1. The molecule has 1 N–H and O–H groups in total. The Bertz CT molecular complexity index is 382. The molecule has 0 aliphatic carbocycles. The van der Waals surface area contributed by atoms with E-state index in [2.05, 4.69) is 61.4 Å². The molecule has 1 aromatic heterocycles. The van der Waals surface area contributed by atoms with E-state index in [1.165, 1.54) is 17.7 Å². The molecule has 1 rings (SSSR count). The van der Waals surface area contributed by atoms with Gasteiger partial charge in [-0.3, -0.25) is 0 Å². The van der Waals surface area contributed by atoms with Gasteiger partial charge in [-0.25, -0.2) is 4.98 Å². The molecule has 1 atom stereocenters. The molecule has 0 aromatic carbocycles. The molecule has 1 unspecified atom stereocenters. The van der Waals surface area contributed by atoms with Crippen LogP contribution >= 0.6 is 11.8 Å². The van der Waals surface area contributed by atoms with Crippen LogP contribution in [0.15, 0.2) is 12.1 Å². The molecule has 0 aliphatic rings. The zero-order valence-corrected chi connectivity index (χ0v) is 13.7. The maximum Gasteiger partial charge on any atom is 0.129 e. The van der Waals surface area contributed by atoms with Gasteiger partial charge in [0.05, 0.1) is 0 Å². The van der Waals surface area contributed by atoms with Gasteiger partial charge in [0.15, 0.2) is 0 Å². The Balaban J connectivity index is 2.77. The summed E-state index contributed by atoms with van der Waals surface area (Å²) >= 11 is 1.90. The van der Waals surface area contributed by atoms with Crippen LogP contribution in [0, 0.1) is 6.92 Å². The molecule has 0 saturated heterocycles. The van der Waals surface area contributed by atoms with Gasteiger partial charge < -0.3 is 10.2 Å². The highest BCUT2D eigenvalue weighted by atomic mass is 32.2. The first-order chi connectivity index (χ1) is 9.08.